The van der Waals surface area contributed by atoms with E-state index in [1.165, 1.54) is 38.5 Å². The van der Waals surface area contributed by atoms with Crippen LogP contribution in [0.2, 0.25) is 0 Å². The molecule has 9 heteroatoms. The highest BCUT2D eigenvalue weighted by Gasteiger charge is 2.25. The van der Waals surface area contributed by atoms with Crippen LogP contribution in [0.3, 0.4) is 0 Å². The van der Waals surface area contributed by atoms with Crippen LogP contribution in [0.25, 0.3) is 0 Å². The quantitative estimate of drug-likeness (QED) is 0.110. The summed E-state index contributed by atoms with van der Waals surface area (Å²) in [6.45, 7) is 4.14. The van der Waals surface area contributed by atoms with Crippen molar-refractivity contribution in [3.05, 3.63) is 46.5 Å². The molecule has 0 heterocycles. The van der Waals surface area contributed by atoms with E-state index in [1.54, 1.807) is 0 Å². The number of hydrogen-bond donors (Lipinski definition) is 2. The van der Waals surface area contributed by atoms with Crippen LogP contribution in [0, 0.1) is 0 Å². The molecular formula is C32H42O9. The third-order valence-electron chi connectivity index (χ3n) is 6.81. The van der Waals surface area contributed by atoms with Gasteiger partial charge in [-0.2, -0.15) is 0 Å². The standard InChI is InChI=1S/C32H42O9/c1-5-7-9-10-12-14-24(34)16-22-18-26(20-28(40-4)30(22)31(36)37)41-32(38)29-21(15-23(33)13-11-8-6-2)17-25(39-3)19-27(29)35/h17-20,35H,5-16H2,1-4H3,(H,36,37). The lowest BCUT2D eigenvalue weighted by Crippen LogP contribution is -2.16. The number of unbranched alkanes of at least 4 members (excludes halogenated alkanes) is 6. The van der Waals surface area contributed by atoms with Crippen LogP contribution in [0.1, 0.15) is 110 Å². The lowest BCUT2D eigenvalue weighted by Gasteiger charge is -2.16. The van der Waals surface area contributed by atoms with Crippen molar-refractivity contribution in [3.63, 3.8) is 0 Å². The summed E-state index contributed by atoms with van der Waals surface area (Å²) in [5.74, 6) is -2.72. The van der Waals surface area contributed by atoms with Crippen LogP contribution in [0.15, 0.2) is 24.3 Å². The fraction of sp³-hybridized carbons (Fsp3) is 0.500. The second-order valence-electron chi connectivity index (χ2n) is 10.1. The molecule has 2 aromatic rings. The van der Waals surface area contributed by atoms with E-state index < -0.39 is 17.7 Å². The SMILES string of the molecule is CCCCCCCC(=O)Cc1cc(OC(=O)c2c(O)cc(OC)cc2CC(=O)CCCCC)cc(OC)c1C(=O)O. The summed E-state index contributed by atoms with van der Waals surface area (Å²) in [4.78, 5) is 50.7. The number of carboxylic acids is 1. The Morgan fingerprint density at radius 3 is 1.78 bits per heavy atom. The predicted octanol–water partition coefficient (Wildman–Crippen LogP) is 6.49. The van der Waals surface area contributed by atoms with Crippen LogP contribution in [-0.2, 0) is 22.4 Å². The number of carbonyl (C=O) groups excluding carboxylic acids is 3. The maximum Gasteiger partial charge on any atom is 0.347 e. The van der Waals surface area contributed by atoms with E-state index in [1.807, 2.05) is 6.92 Å². The molecule has 2 rings (SSSR count). The summed E-state index contributed by atoms with van der Waals surface area (Å²) in [6.07, 6.45) is 7.82. The molecule has 0 bridgehead atoms. The summed E-state index contributed by atoms with van der Waals surface area (Å²) in [5.41, 5.74) is 0.0300. The number of aromatic carboxylic acids is 1. The number of phenolic OH excluding ortho intramolecular Hbond substituents is 1. The first-order valence-electron chi connectivity index (χ1n) is 14.2. The molecule has 0 amide bonds. The number of benzene rings is 2. The average molecular weight is 571 g/mol. The number of ketones is 2. The highest BCUT2D eigenvalue weighted by molar-refractivity contribution is 5.98. The minimum Gasteiger partial charge on any atom is -0.507 e. The monoisotopic (exact) mass is 570 g/mol. The van der Waals surface area contributed by atoms with Gasteiger partial charge < -0.3 is 24.4 Å². The molecule has 0 atom stereocenters. The molecule has 224 valence electrons. The van der Waals surface area contributed by atoms with E-state index in [9.17, 15) is 29.4 Å². The molecule has 9 nitrogen and oxygen atoms in total. The number of Topliss-reactive ketones (excluding diaryl/α,β-unsaturated/α-hetero) is 2. The Morgan fingerprint density at radius 1 is 0.683 bits per heavy atom. The van der Waals surface area contributed by atoms with Crippen molar-refractivity contribution in [2.24, 2.45) is 0 Å². The lowest BCUT2D eigenvalue weighted by atomic mass is 9.97. The highest BCUT2D eigenvalue weighted by atomic mass is 16.5. The Bertz CT molecular complexity index is 1220. The van der Waals surface area contributed by atoms with Crippen molar-refractivity contribution in [1.29, 1.82) is 0 Å². The molecule has 0 aliphatic carbocycles. The molecule has 0 radical (unpaired) electrons. The smallest absolute Gasteiger partial charge is 0.347 e. The minimum absolute atomic E-state index is 0.0574. The molecule has 0 spiro atoms. The maximum atomic E-state index is 13.3. The van der Waals surface area contributed by atoms with E-state index in [2.05, 4.69) is 6.92 Å². The second kappa shape index (κ2) is 17.0. The van der Waals surface area contributed by atoms with Crippen LogP contribution in [0.4, 0.5) is 0 Å². The number of methoxy groups -OCH3 is 2. The topological polar surface area (TPSA) is 136 Å². The molecule has 0 saturated carbocycles. The largest absolute Gasteiger partial charge is 0.507 e. The Labute approximate surface area is 241 Å². The van der Waals surface area contributed by atoms with Gasteiger partial charge in [0.1, 0.15) is 45.7 Å². The number of carbonyl (C=O) groups is 4. The summed E-state index contributed by atoms with van der Waals surface area (Å²) in [5, 5.41) is 20.5. The van der Waals surface area contributed by atoms with E-state index in [-0.39, 0.29) is 63.9 Å². The molecule has 0 fully saturated rings. The fourth-order valence-corrected chi connectivity index (χ4v) is 4.65. The van der Waals surface area contributed by atoms with Gasteiger partial charge in [0.05, 0.1) is 14.2 Å². The van der Waals surface area contributed by atoms with Crippen molar-refractivity contribution in [3.8, 4) is 23.0 Å². The second-order valence-corrected chi connectivity index (χ2v) is 10.1. The molecule has 41 heavy (non-hydrogen) atoms. The van der Waals surface area contributed by atoms with Gasteiger partial charge in [0.25, 0.3) is 0 Å². The van der Waals surface area contributed by atoms with Crippen molar-refractivity contribution in [2.45, 2.75) is 90.9 Å². The van der Waals surface area contributed by atoms with Crippen molar-refractivity contribution < 1.29 is 43.6 Å². The first-order valence-corrected chi connectivity index (χ1v) is 14.2. The fourth-order valence-electron chi connectivity index (χ4n) is 4.65. The zero-order valence-corrected chi connectivity index (χ0v) is 24.5. The normalized spacial score (nSPS) is 10.7. The third-order valence-corrected chi connectivity index (χ3v) is 6.81. The van der Waals surface area contributed by atoms with Crippen LogP contribution in [0.5, 0.6) is 23.0 Å². The molecule has 0 aliphatic heterocycles. The zero-order valence-electron chi connectivity index (χ0n) is 24.5. The van der Waals surface area contributed by atoms with Gasteiger partial charge >= 0.3 is 11.9 Å². The van der Waals surface area contributed by atoms with Gasteiger partial charge in [-0.15, -0.1) is 0 Å². The van der Waals surface area contributed by atoms with Crippen LogP contribution >= 0.6 is 0 Å². The van der Waals surface area contributed by atoms with Crippen molar-refractivity contribution in [1.82, 2.24) is 0 Å². The Morgan fingerprint density at radius 2 is 1.22 bits per heavy atom. The van der Waals surface area contributed by atoms with Gasteiger partial charge in [-0.3, -0.25) is 9.59 Å². The van der Waals surface area contributed by atoms with Crippen molar-refractivity contribution in [2.75, 3.05) is 14.2 Å². The number of hydrogen-bond acceptors (Lipinski definition) is 8. The van der Waals surface area contributed by atoms with E-state index in [4.69, 9.17) is 14.2 Å². The van der Waals surface area contributed by atoms with E-state index in [0.717, 1.165) is 44.9 Å². The highest BCUT2D eigenvalue weighted by Crippen LogP contribution is 2.33. The predicted molar refractivity (Wildman–Crippen MR) is 155 cm³/mol. The number of esters is 1. The molecule has 2 N–H and O–H groups in total. The van der Waals surface area contributed by atoms with E-state index >= 15 is 0 Å². The van der Waals surface area contributed by atoms with Crippen molar-refractivity contribution >= 4 is 23.5 Å². The number of rotatable bonds is 19. The summed E-state index contributed by atoms with van der Waals surface area (Å²) >= 11 is 0. The third kappa shape index (κ3) is 10.2. The number of phenols is 1. The molecule has 0 unspecified atom stereocenters. The Balaban J connectivity index is 2.36. The number of aromatic hydroxyl groups is 1. The number of ether oxygens (including phenoxy) is 3. The van der Waals surface area contributed by atoms with Gasteiger partial charge in [-0.1, -0.05) is 52.4 Å². The molecule has 0 aromatic heterocycles. The van der Waals surface area contributed by atoms with Crippen LogP contribution < -0.4 is 14.2 Å². The lowest BCUT2D eigenvalue weighted by molar-refractivity contribution is -0.119. The van der Waals surface area contributed by atoms with E-state index in [0.29, 0.717) is 19.3 Å². The zero-order chi connectivity index (χ0) is 30.4. The van der Waals surface area contributed by atoms with Crippen LogP contribution in [-0.4, -0.2) is 47.9 Å². The summed E-state index contributed by atoms with van der Waals surface area (Å²) in [6, 6.07) is 5.33. The van der Waals surface area contributed by atoms with Gasteiger partial charge in [0.15, 0.2) is 0 Å². The maximum absolute atomic E-state index is 13.3. The minimum atomic E-state index is -1.28. The average Bonchev–Trinajstić information content (AvgIpc) is 2.92. The first-order chi connectivity index (χ1) is 19.6. The summed E-state index contributed by atoms with van der Waals surface area (Å²) < 4.78 is 16.0. The molecule has 0 saturated heterocycles. The molecular weight excluding hydrogens is 528 g/mol. The molecule has 0 aliphatic rings. The Hall–Kier alpha value is -3.88. The molecule has 2 aromatic carbocycles. The number of carboxylic acid groups (broad SMARTS) is 1. The van der Waals surface area contributed by atoms with Gasteiger partial charge in [-0.05, 0) is 36.1 Å². The first kappa shape index (κ1) is 33.3. The Kier molecular flexibility index (Phi) is 13.9. The summed E-state index contributed by atoms with van der Waals surface area (Å²) in [7, 11) is 2.69. The van der Waals surface area contributed by atoms with Gasteiger partial charge in [0, 0.05) is 37.8 Å². The van der Waals surface area contributed by atoms with Gasteiger partial charge in [-0.25, -0.2) is 9.59 Å². The van der Waals surface area contributed by atoms with Gasteiger partial charge in [0.2, 0.25) is 0 Å².